The van der Waals surface area contributed by atoms with Gasteiger partial charge in [-0.05, 0) is 30.5 Å². The number of benzene rings is 1. The van der Waals surface area contributed by atoms with Gasteiger partial charge in [-0.3, -0.25) is 0 Å². The van der Waals surface area contributed by atoms with Crippen molar-refractivity contribution in [3.05, 3.63) is 29.3 Å². The molecule has 0 saturated heterocycles. The molecule has 1 heterocycles. The van der Waals surface area contributed by atoms with Crippen molar-refractivity contribution in [1.82, 2.24) is 0 Å². The zero-order valence-electron chi connectivity index (χ0n) is 7.30. The van der Waals surface area contributed by atoms with Gasteiger partial charge in [-0.25, -0.2) is 0 Å². The molecular weight excluding hydrogens is 148 g/mol. The van der Waals surface area contributed by atoms with Crippen molar-refractivity contribution >= 4 is 5.69 Å². The van der Waals surface area contributed by atoms with Crippen LogP contribution in [-0.2, 0) is 6.42 Å². The Bertz CT molecular complexity index is 292. The van der Waals surface area contributed by atoms with Crippen LogP contribution in [0.2, 0.25) is 0 Å². The summed E-state index contributed by atoms with van der Waals surface area (Å²) < 4.78 is 0. The zero-order valence-corrected chi connectivity index (χ0v) is 7.30. The van der Waals surface area contributed by atoms with E-state index in [-0.39, 0.29) is 6.04 Å². The topological polar surface area (TPSA) is 38.0 Å². The van der Waals surface area contributed by atoms with Crippen LogP contribution < -0.4 is 11.1 Å². The van der Waals surface area contributed by atoms with Gasteiger partial charge in [-0.2, -0.15) is 0 Å². The third kappa shape index (κ3) is 1.18. The Kier molecular flexibility index (Phi) is 1.77. The quantitative estimate of drug-likeness (QED) is 0.659. The number of hydrogen-bond acceptors (Lipinski definition) is 2. The summed E-state index contributed by atoms with van der Waals surface area (Å²) in [5, 5.41) is 3.33. The zero-order chi connectivity index (χ0) is 8.55. The molecule has 0 aliphatic carbocycles. The van der Waals surface area contributed by atoms with Gasteiger partial charge in [0, 0.05) is 18.3 Å². The summed E-state index contributed by atoms with van der Waals surface area (Å²) in [5.74, 6) is 0. The predicted octanol–water partition coefficient (Wildman–Crippen LogP) is 1.67. The molecular formula is C10H14N2. The van der Waals surface area contributed by atoms with Gasteiger partial charge in [0.05, 0.1) is 0 Å². The van der Waals surface area contributed by atoms with Gasteiger partial charge in [0.1, 0.15) is 0 Å². The van der Waals surface area contributed by atoms with E-state index in [4.69, 9.17) is 5.73 Å². The van der Waals surface area contributed by atoms with Gasteiger partial charge in [0.15, 0.2) is 0 Å². The highest BCUT2D eigenvalue weighted by atomic mass is 14.9. The second-order valence-corrected chi connectivity index (χ2v) is 3.38. The summed E-state index contributed by atoms with van der Waals surface area (Å²) in [6.07, 6.45) is 1.13. The molecule has 1 aromatic carbocycles. The first-order valence-corrected chi connectivity index (χ1v) is 4.39. The van der Waals surface area contributed by atoms with E-state index in [2.05, 4.69) is 23.5 Å². The third-order valence-corrected chi connectivity index (χ3v) is 2.36. The Hall–Kier alpha value is -1.02. The maximum atomic E-state index is 5.79. The molecule has 1 atom stereocenters. The molecule has 1 aromatic rings. The van der Waals surface area contributed by atoms with Crippen molar-refractivity contribution in [2.75, 3.05) is 11.9 Å². The summed E-state index contributed by atoms with van der Waals surface area (Å²) in [7, 11) is 0. The highest BCUT2D eigenvalue weighted by Crippen LogP contribution is 2.24. The summed E-state index contributed by atoms with van der Waals surface area (Å²) in [6, 6.07) is 6.58. The average Bonchev–Trinajstić information content (AvgIpc) is 2.49. The lowest BCUT2D eigenvalue weighted by atomic mass is 10.0. The van der Waals surface area contributed by atoms with Crippen LogP contribution in [-0.4, -0.2) is 6.54 Å². The second kappa shape index (κ2) is 2.79. The van der Waals surface area contributed by atoms with E-state index >= 15 is 0 Å². The monoisotopic (exact) mass is 162 g/mol. The van der Waals surface area contributed by atoms with Crippen molar-refractivity contribution in [3.63, 3.8) is 0 Å². The molecule has 0 amide bonds. The predicted molar refractivity (Wildman–Crippen MR) is 51.2 cm³/mol. The Morgan fingerprint density at radius 1 is 1.50 bits per heavy atom. The summed E-state index contributed by atoms with van der Waals surface area (Å²) in [6.45, 7) is 3.09. The molecule has 2 nitrogen and oxygen atoms in total. The lowest BCUT2D eigenvalue weighted by molar-refractivity contribution is 0.816. The number of nitrogens with one attached hydrogen (secondary N) is 1. The van der Waals surface area contributed by atoms with Crippen LogP contribution in [0, 0.1) is 0 Å². The maximum absolute atomic E-state index is 5.79. The summed E-state index contributed by atoms with van der Waals surface area (Å²) in [5.41, 5.74) is 9.71. The minimum absolute atomic E-state index is 0.149. The molecule has 3 N–H and O–H groups in total. The standard InChI is InChI=1S/C10H14N2/c1-7(11)8-2-3-10-9(6-8)4-5-12-10/h2-3,6-7,12H,4-5,11H2,1H3/t7-/m0/s1. The van der Waals surface area contributed by atoms with Crippen LogP contribution in [0.15, 0.2) is 18.2 Å². The van der Waals surface area contributed by atoms with Gasteiger partial charge in [0.2, 0.25) is 0 Å². The molecule has 0 spiro atoms. The molecule has 0 fully saturated rings. The van der Waals surface area contributed by atoms with Gasteiger partial charge in [-0.15, -0.1) is 0 Å². The molecule has 0 radical (unpaired) electrons. The van der Waals surface area contributed by atoms with Gasteiger partial charge in [0.25, 0.3) is 0 Å². The fourth-order valence-corrected chi connectivity index (χ4v) is 1.61. The number of anilines is 1. The van der Waals surface area contributed by atoms with E-state index in [9.17, 15) is 0 Å². The van der Waals surface area contributed by atoms with Gasteiger partial charge < -0.3 is 11.1 Å². The van der Waals surface area contributed by atoms with E-state index in [1.165, 1.54) is 16.8 Å². The van der Waals surface area contributed by atoms with Gasteiger partial charge in [-0.1, -0.05) is 12.1 Å². The van der Waals surface area contributed by atoms with Crippen LogP contribution in [0.25, 0.3) is 0 Å². The lowest BCUT2D eigenvalue weighted by Gasteiger charge is -2.07. The highest BCUT2D eigenvalue weighted by molar-refractivity contribution is 5.56. The second-order valence-electron chi connectivity index (χ2n) is 3.38. The molecule has 1 aliphatic rings. The Morgan fingerprint density at radius 3 is 3.08 bits per heavy atom. The van der Waals surface area contributed by atoms with E-state index in [0.717, 1.165) is 13.0 Å². The fraction of sp³-hybridized carbons (Fsp3) is 0.400. The molecule has 0 bridgehead atoms. The van der Waals surface area contributed by atoms with Crippen molar-refractivity contribution < 1.29 is 0 Å². The van der Waals surface area contributed by atoms with Crippen LogP contribution in [0.1, 0.15) is 24.1 Å². The lowest BCUT2D eigenvalue weighted by Crippen LogP contribution is -2.04. The number of nitrogens with two attached hydrogens (primary N) is 1. The van der Waals surface area contributed by atoms with Crippen LogP contribution >= 0.6 is 0 Å². The third-order valence-electron chi connectivity index (χ3n) is 2.36. The SMILES string of the molecule is C[C@H](N)c1ccc2c(c1)CCN2. The van der Waals surface area contributed by atoms with Crippen LogP contribution in [0.4, 0.5) is 5.69 Å². The molecule has 64 valence electrons. The molecule has 0 aromatic heterocycles. The molecule has 1 aliphatic heterocycles. The maximum Gasteiger partial charge on any atom is 0.0373 e. The average molecular weight is 162 g/mol. The normalized spacial score (nSPS) is 16.8. The van der Waals surface area contributed by atoms with Crippen LogP contribution in [0.5, 0.6) is 0 Å². The van der Waals surface area contributed by atoms with E-state index in [1.807, 2.05) is 6.92 Å². The van der Waals surface area contributed by atoms with E-state index < -0.39 is 0 Å². The molecule has 0 unspecified atom stereocenters. The molecule has 12 heavy (non-hydrogen) atoms. The van der Waals surface area contributed by atoms with Crippen molar-refractivity contribution in [2.45, 2.75) is 19.4 Å². The minimum Gasteiger partial charge on any atom is -0.384 e. The highest BCUT2D eigenvalue weighted by Gasteiger charge is 2.10. The number of hydrogen-bond donors (Lipinski definition) is 2. The van der Waals surface area contributed by atoms with Crippen molar-refractivity contribution in [2.24, 2.45) is 5.73 Å². The Balaban J connectivity index is 2.39. The first kappa shape index (κ1) is 7.62. The smallest absolute Gasteiger partial charge is 0.0373 e. The minimum atomic E-state index is 0.149. The first-order valence-electron chi connectivity index (χ1n) is 4.39. The molecule has 0 saturated carbocycles. The first-order chi connectivity index (χ1) is 5.77. The van der Waals surface area contributed by atoms with Crippen molar-refractivity contribution in [1.29, 1.82) is 0 Å². The number of rotatable bonds is 1. The number of fused-ring (bicyclic) bond motifs is 1. The van der Waals surface area contributed by atoms with E-state index in [0.29, 0.717) is 0 Å². The van der Waals surface area contributed by atoms with Crippen molar-refractivity contribution in [3.8, 4) is 0 Å². The Morgan fingerprint density at radius 2 is 2.33 bits per heavy atom. The molecule has 2 rings (SSSR count). The largest absolute Gasteiger partial charge is 0.384 e. The Labute approximate surface area is 72.8 Å². The summed E-state index contributed by atoms with van der Waals surface area (Å²) in [4.78, 5) is 0. The molecule has 2 heteroatoms. The fourth-order valence-electron chi connectivity index (χ4n) is 1.61. The van der Waals surface area contributed by atoms with Crippen LogP contribution in [0.3, 0.4) is 0 Å². The van der Waals surface area contributed by atoms with E-state index in [1.54, 1.807) is 0 Å². The van der Waals surface area contributed by atoms with Gasteiger partial charge >= 0.3 is 0 Å². The summed E-state index contributed by atoms with van der Waals surface area (Å²) >= 11 is 0.